The van der Waals surface area contributed by atoms with Crippen LogP contribution in [-0.4, -0.2) is 65.5 Å². The first-order valence-corrected chi connectivity index (χ1v) is 11.3. The number of nitrogens with zero attached hydrogens (tertiary/aromatic N) is 3. The Balaban J connectivity index is 1.39. The number of ether oxygens (including phenoxy) is 1. The topological polar surface area (TPSA) is 62.7 Å². The lowest BCUT2D eigenvalue weighted by atomic mass is 10.0. The molecule has 2 aliphatic heterocycles. The number of fused-ring (bicyclic) bond motifs is 1. The molecule has 0 radical (unpaired) electrons. The normalized spacial score (nSPS) is 18.8. The largest absolute Gasteiger partial charge is 0.368 e. The highest BCUT2D eigenvalue weighted by Crippen LogP contribution is 2.27. The fraction of sp³-hybridized carbons (Fsp3) is 0.346. The average Bonchev–Trinajstić information content (AvgIpc) is 3.38. The van der Waals surface area contributed by atoms with Gasteiger partial charge < -0.3 is 14.5 Å². The second-order valence-electron chi connectivity index (χ2n) is 8.56. The number of rotatable bonds is 3. The molecule has 1 unspecified atom stereocenters. The van der Waals surface area contributed by atoms with Crippen molar-refractivity contribution in [1.82, 2.24) is 14.8 Å². The molecule has 0 N–H and O–H groups in total. The fourth-order valence-electron chi connectivity index (χ4n) is 4.50. The fourth-order valence-corrected chi connectivity index (χ4v) is 4.50. The maximum atomic E-state index is 13.6. The van der Waals surface area contributed by atoms with Crippen LogP contribution in [0.1, 0.15) is 28.8 Å². The molecule has 32 heavy (non-hydrogen) atoms. The Morgan fingerprint density at radius 1 is 0.969 bits per heavy atom. The Bertz CT molecular complexity index is 1140. The van der Waals surface area contributed by atoms with Crippen LogP contribution >= 0.6 is 0 Å². The smallest absolute Gasteiger partial charge is 0.254 e. The van der Waals surface area contributed by atoms with E-state index in [0.717, 1.165) is 35.0 Å². The molecule has 164 valence electrons. The van der Waals surface area contributed by atoms with Crippen LogP contribution in [0.5, 0.6) is 0 Å². The van der Waals surface area contributed by atoms with E-state index in [4.69, 9.17) is 9.72 Å². The minimum atomic E-state index is -0.307. The van der Waals surface area contributed by atoms with Crippen molar-refractivity contribution in [1.29, 1.82) is 0 Å². The number of aromatic nitrogens is 1. The average molecular weight is 430 g/mol. The Morgan fingerprint density at radius 3 is 2.41 bits per heavy atom. The van der Waals surface area contributed by atoms with Crippen LogP contribution < -0.4 is 0 Å². The number of carbonyl (C=O) groups is 2. The van der Waals surface area contributed by atoms with E-state index in [0.29, 0.717) is 38.3 Å². The molecule has 0 spiro atoms. The van der Waals surface area contributed by atoms with E-state index >= 15 is 0 Å². The predicted molar refractivity (Wildman–Crippen MR) is 123 cm³/mol. The first kappa shape index (κ1) is 20.6. The maximum absolute atomic E-state index is 13.6. The number of carbonyl (C=O) groups excluding carboxylic acids is 2. The van der Waals surface area contributed by atoms with Crippen LogP contribution in [0.15, 0.2) is 54.6 Å². The summed E-state index contributed by atoms with van der Waals surface area (Å²) in [5.41, 5.74) is 4.43. The van der Waals surface area contributed by atoms with Crippen LogP contribution in [0.25, 0.3) is 22.2 Å². The predicted octanol–water partition coefficient (Wildman–Crippen LogP) is 3.67. The van der Waals surface area contributed by atoms with Crippen molar-refractivity contribution in [3.63, 3.8) is 0 Å². The summed E-state index contributed by atoms with van der Waals surface area (Å²) in [6.07, 6.45) is 1.43. The zero-order chi connectivity index (χ0) is 22.1. The van der Waals surface area contributed by atoms with Gasteiger partial charge in [0, 0.05) is 43.7 Å². The zero-order valence-electron chi connectivity index (χ0n) is 18.3. The van der Waals surface area contributed by atoms with Gasteiger partial charge in [-0.05, 0) is 31.9 Å². The number of aryl methyl sites for hydroxylation is 1. The lowest BCUT2D eigenvalue weighted by Gasteiger charge is -2.36. The van der Waals surface area contributed by atoms with E-state index in [1.165, 1.54) is 5.56 Å². The molecule has 0 bridgehead atoms. The Morgan fingerprint density at radius 2 is 1.69 bits per heavy atom. The van der Waals surface area contributed by atoms with E-state index in [9.17, 15) is 9.59 Å². The standard InChI is InChI=1S/C26H27N3O3/c1-18-8-10-19(11-9-18)23-17-21(20-5-2-3-6-22(20)27-23)25(30)28-12-14-29(15-13-28)26(31)24-7-4-16-32-24/h2-3,5-6,8-11,17,24H,4,7,12-16H2,1H3. The van der Waals surface area contributed by atoms with Crippen LogP contribution in [0.2, 0.25) is 0 Å². The Labute approximate surface area is 187 Å². The van der Waals surface area contributed by atoms with Gasteiger partial charge in [-0.15, -0.1) is 0 Å². The van der Waals surface area contributed by atoms with Gasteiger partial charge in [0.1, 0.15) is 6.10 Å². The van der Waals surface area contributed by atoms with Gasteiger partial charge >= 0.3 is 0 Å². The van der Waals surface area contributed by atoms with Crippen LogP contribution in [0.4, 0.5) is 0 Å². The molecule has 2 aliphatic rings. The van der Waals surface area contributed by atoms with Crippen LogP contribution in [-0.2, 0) is 9.53 Å². The summed E-state index contributed by atoms with van der Waals surface area (Å²) in [7, 11) is 0. The van der Waals surface area contributed by atoms with Gasteiger partial charge in [-0.25, -0.2) is 4.98 Å². The van der Waals surface area contributed by atoms with Crippen LogP contribution in [0.3, 0.4) is 0 Å². The van der Waals surface area contributed by atoms with Gasteiger partial charge in [-0.3, -0.25) is 9.59 Å². The Kier molecular flexibility index (Phi) is 5.62. The second-order valence-corrected chi connectivity index (χ2v) is 8.56. The van der Waals surface area contributed by atoms with Gasteiger partial charge in [0.15, 0.2) is 0 Å². The van der Waals surface area contributed by atoms with E-state index in [1.807, 2.05) is 52.3 Å². The molecule has 6 heteroatoms. The Hall–Kier alpha value is -3.25. The molecule has 1 atom stereocenters. The number of benzene rings is 2. The van der Waals surface area contributed by atoms with Crippen LogP contribution in [0, 0.1) is 6.92 Å². The minimum absolute atomic E-state index is 0.0128. The first-order valence-electron chi connectivity index (χ1n) is 11.3. The molecule has 2 fully saturated rings. The van der Waals surface area contributed by atoms with E-state index < -0.39 is 0 Å². The van der Waals surface area contributed by atoms with E-state index in [1.54, 1.807) is 0 Å². The molecule has 1 aromatic heterocycles. The first-order chi connectivity index (χ1) is 15.6. The highest BCUT2D eigenvalue weighted by Gasteiger charge is 2.32. The van der Waals surface area contributed by atoms with Gasteiger partial charge in [-0.1, -0.05) is 48.0 Å². The SMILES string of the molecule is Cc1ccc(-c2cc(C(=O)N3CCN(C(=O)C4CCCO4)CC3)c3ccccc3n2)cc1. The van der Waals surface area contributed by atoms with Gasteiger partial charge in [-0.2, -0.15) is 0 Å². The summed E-state index contributed by atoms with van der Waals surface area (Å²) in [5, 5.41) is 0.853. The van der Waals surface area contributed by atoms with Crippen molar-refractivity contribution in [3.8, 4) is 11.3 Å². The summed E-state index contributed by atoms with van der Waals surface area (Å²) in [6, 6.07) is 17.9. The molecule has 6 nitrogen and oxygen atoms in total. The number of hydrogen-bond donors (Lipinski definition) is 0. The minimum Gasteiger partial charge on any atom is -0.368 e. The monoisotopic (exact) mass is 429 g/mol. The maximum Gasteiger partial charge on any atom is 0.254 e. The number of hydrogen-bond acceptors (Lipinski definition) is 4. The van der Waals surface area contributed by atoms with E-state index in [-0.39, 0.29) is 17.9 Å². The third-order valence-corrected chi connectivity index (χ3v) is 6.38. The summed E-state index contributed by atoms with van der Waals surface area (Å²) < 4.78 is 5.54. The van der Waals surface area contributed by atoms with E-state index in [2.05, 4.69) is 19.1 Å². The molecule has 0 saturated carbocycles. The van der Waals surface area contributed by atoms with Crippen molar-refractivity contribution in [2.24, 2.45) is 0 Å². The molecule has 2 aromatic carbocycles. The van der Waals surface area contributed by atoms with Crippen molar-refractivity contribution < 1.29 is 14.3 Å². The molecular weight excluding hydrogens is 402 g/mol. The number of amides is 2. The van der Waals surface area contributed by atoms with Crippen molar-refractivity contribution in [2.75, 3.05) is 32.8 Å². The highest BCUT2D eigenvalue weighted by molar-refractivity contribution is 6.07. The molecule has 0 aliphatic carbocycles. The lowest BCUT2D eigenvalue weighted by Crippen LogP contribution is -2.52. The molecule has 3 aromatic rings. The zero-order valence-corrected chi connectivity index (χ0v) is 18.3. The highest BCUT2D eigenvalue weighted by atomic mass is 16.5. The number of pyridine rings is 1. The number of para-hydroxylation sites is 1. The second kappa shape index (κ2) is 8.71. The molecule has 5 rings (SSSR count). The molecule has 2 amide bonds. The summed E-state index contributed by atoms with van der Waals surface area (Å²) in [5.74, 6) is 0.0480. The van der Waals surface area contributed by atoms with Crippen molar-refractivity contribution in [3.05, 3.63) is 65.7 Å². The molecule has 2 saturated heterocycles. The molecular formula is C26H27N3O3. The summed E-state index contributed by atoms with van der Waals surface area (Å²) >= 11 is 0. The third kappa shape index (κ3) is 3.98. The van der Waals surface area contributed by atoms with Gasteiger partial charge in [0.2, 0.25) is 0 Å². The third-order valence-electron chi connectivity index (χ3n) is 6.38. The molecule has 3 heterocycles. The van der Waals surface area contributed by atoms with Gasteiger partial charge in [0.25, 0.3) is 11.8 Å². The number of piperazine rings is 1. The van der Waals surface area contributed by atoms with Crippen molar-refractivity contribution >= 4 is 22.7 Å². The quantitative estimate of drug-likeness (QED) is 0.637. The van der Waals surface area contributed by atoms with Gasteiger partial charge in [0.05, 0.1) is 16.8 Å². The van der Waals surface area contributed by atoms with Crippen molar-refractivity contribution in [2.45, 2.75) is 25.9 Å². The summed E-state index contributed by atoms with van der Waals surface area (Å²) in [4.78, 5) is 34.7. The lowest BCUT2D eigenvalue weighted by molar-refractivity contribution is -0.142. The summed E-state index contributed by atoms with van der Waals surface area (Å²) in [6.45, 7) is 4.83.